The standard InChI is InChI=1S/C14H10O4.C6H6.HO2P/c15-13(11-7-3-1-4-8-11)17-18-14(16)12-9-5-2-6-10-12;1-2-4-6-5-3-1;1-3-2/h1-10H;1-6H;3H/p+1. The van der Waals surface area contributed by atoms with Crippen molar-refractivity contribution >= 4 is 20.6 Å². The minimum atomic E-state index is -1.17. The molecule has 0 fully saturated rings. The molecule has 0 spiro atoms. The molecule has 0 amide bonds. The summed E-state index contributed by atoms with van der Waals surface area (Å²) in [5, 5.41) is 0. The van der Waals surface area contributed by atoms with Crippen LogP contribution in [0.4, 0.5) is 0 Å². The van der Waals surface area contributed by atoms with Crippen LogP contribution in [0, 0.1) is 0 Å². The molecule has 1 unspecified atom stereocenters. The average Bonchev–Trinajstić information content (AvgIpc) is 2.75. The Balaban J connectivity index is 0.000000335. The second-order valence-corrected chi connectivity index (χ2v) is 4.90. The first-order valence-corrected chi connectivity index (χ1v) is 8.59. The van der Waals surface area contributed by atoms with Crippen molar-refractivity contribution in [3.8, 4) is 0 Å². The van der Waals surface area contributed by atoms with Gasteiger partial charge in [-0.1, -0.05) is 72.8 Å². The quantitative estimate of drug-likeness (QED) is 0.404. The van der Waals surface area contributed by atoms with Crippen molar-refractivity contribution in [1.29, 1.82) is 0 Å². The molecule has 0 aliphatic heterocycles. The molecule has 0 aliphatic rings. The molecule has 1 N–H and O–H groups in total. The Bertz CT molecular complexity index is 716. The summed E-state index contributed by atoms with van der Waals surface area (Å²) in [6, 6.07) is 28.6. The van der Waals surface area contributed by atoms with Crippen LogP contribution in [0.15, 0.2) is 97.1 Å². The third kappa shape index (κ3) is 9.65. The van der Waals surface area contributed by atoms with Crippen LogP contribution >= 0.6 is 8.69 Å². The smallest absolute Gasteiger partial charge is 0.242 e. The highest BCUT2D eigenvalue weighted by molar-refractivity contribution is 7.16. The Hall–Kier alpha value is -3.34. The fraction of sp³-hybridized carbons (Fsp3) is 0. The fourth-order valence-corrected chi connectivity index (χ4v) is 1.71. The van der Waals surface area contributed by atoms with Gasteiger partial charge in [-0.3, -0.25) is 0 Å². The summed E-state index contributed by atoms with van der Waals surface area (Å²) in [6.07, 6.45) is 0. The first-order chi connectivity index (χ1) is 13.2. The Labute approximate surface area is 158 Å². The van der Waals surface area contributed by atoms with E-state index in [1.807, 2.05) is 36.4 Å². The molecule has 7 heteroatoms. The second-order valence-electron chi connectivity index (χ2n) is 4.72. The third-order valence-corrected chi connectivity index (χ3v) is 2.88. The maximum Gasteiger partial charge on any atom is 0.491 e. The zero-order chi connectivity index (χ0) is 19.7. The van der Waals surface area contributed by atoms with Crippen LogP contribution in [-0.2, 0) is 14.3 Å². The van der Waals surface area contributed by atoms with Crippen molar-refractivity contribution in [1.82, 2.24) is 0 Å². The van der Waals surface area contributed by atoms with E-state index in [9.17, 15) is 9.59 Å². The van der Waals surface area contributed by atoms with E-state index in [2.05, 4.69) is 9.78 Å². The lowest BCUT2D eigenvalue weighted by atomic mass is 10.2. The Morgan fingerprint density at radius 2 is 0.815 bits per heavy atom. The van der Waals surface area contributed by atoms with Gasteiger partial charge in [0.2, 0.25) is 0 Å². The summed E-state index contributed by atoms with van der Waals surface area (Å²) >= 11 is 0. The first kappa shape index (κ1) is 21.7. The number of hydrogen-bond donors (Lipinski definition) is 1. The van der Waals surface area contributed by atoms with Crippen molar-refractivity contribution in [2.45, 2.75) is 0 Å². The Morgan fingerprint density at radius 3 is 1.07 bits per heavy atom. The van der Waals surface area contributed by atoms with E-state index in [4.69, 9.17) is 9.46 Å². The Kier molecular flexibility index (Phi) is 11.2. The predicted molar refractivity (Wildman–Crippen MR) is 101 cm³/mol. The van der Waals surface area contributed by atoms with Gasteiger partial charge in [-0.15, -0.1) is 0 Å². The normalized spacial score (nSPS) is 8.93. The molecular formula is C20H18O6P+. The zero-order valence-electron chi connectivity index (χ0n) is 14.2. The van der Waals surface area contributed by atoms with Gasteiger partial charge in [0, 0.05) is 0 Å². The third-order valence-electron chi connectivity index (χ3n) is 2.88. The lowest BCUT2D eigenvalue weighted by Crippen LogP contribution is -2.11. The van der Waals surface area contributed by atoms with Crippen molar-refractivity contribution in [2.75, 3.05) is 0 Å². The van der Waals surface area contributed by atoms with Gasteiger partial charge in [0.1, 0.15) is 0 Å². The fourth-order valence-electron chi connectivity index (χ4n) is 1.71. The molecule has 0 saturated carbocycles. The van der Waals surface area contributed by atoms with Crippen LogP contribution in [-0.4, -0.2) is 16.8 Å². The van der Waals surface area contributed by atoms with Gasteiger partial charge in [0.05, 0.1) is 11.1 Å². The van der Waals surface area contributed by atoms with Gasteiger partial charge >= 0.3 is 20.6 Å². The van der Waals surface area contributed by atoms with Gasteiger partial charge in [0.15, 0.2) is 0 Å². The van der Waals surface area contributed by atoms with Gasteiger partial charge in [0.25, 0.3) is 0 Å². The van der Waals surface area contributed by atoms with Crippen LogP contribution in [0.1, 0.15) is 20.7 Å². The first-order valence-electron chi connectivity index (χ1n) is 7.73. The minimum absolute atomic E-state index is 0.318. The molecule has 0 bridgehead atoms. The average molecular weight is 385 g/mol. The van der Waals surface area contributed by atoms with E-state index < -0.39 is 20.6 Å². The number of benzene rings is 3. The molecule has 6 nitrogen and oxygen atoms in total. The molecule has 3 rings (SSSR count). The zero-order valence-corrected chi connectivity index (χ0v) is 15.2. The number of carbonyl (C=O) groups excluding carboxylic acids is 2. The van der Waals surface area contributed by atoms with Crippen LogP contribution in [0.2, 0.25) is 0 Å². The van der Waals surface area contributed by atoms with E-state index in [1.165, 1.54) is 0 Å². The van der Waals surface area contributed by atoms with E-state index in [-0.39, 0.29) is 0 Å². The SMILES string of the molecule is O=C(OOC(=O)c1ccccc1)c1ccccc1.O=[PH+]O.c1ccccc1. The number of carbonyl (C=O) groups is 2. The monoisotopic (exact) mass is 385 g/mol. The summed E-state index contributed by atoms with van der Waals surface area (Å²) in [5.41, 5.74) is 0.636. The number of hydrogen-bond acceptors (Lipinski definition) is 5. The highest BCUT2D eigenvalue weighted by Gasteiger charge is 2.12. The van der Waals surface area contributed by atoms with E-state index in [0.29, 0.717) is 11.1 Å². The topological polar surface area (TPSA) is 89.9 Å². The molecular weight excluding hydrogens is 367 g/mol. The molecule has 0 saturated heterocycles. The van der Waals surface area contributed by atoms with Crippen molar-refractivity contribution in [3.63, 3.8) is 0 Å². The van der Waals surface area contributed by atoms with Crippen LogP contribution in [0.3, 0.4) is 0 Å². The summed E-state index contributed by atoms with van der Waals surface area (Å²) in [4.78, 5) is 38.9. The molecule has 0 aromatic heterocycles. The summed E-state index contributed by atoms with van der Waals surface area (Å²) < 4.78 is 8.51. The van der Waals surface area contributed by atoms with Gasteiger partial charge in [-0.2, -0.15) is 4.89 Å². The highest BCUT2D eigenvalue weighted by atomic mass is 31.1. The molecule has 27 heavy (non-hydrogen) atoms. The molecule has 138 valence electrons. The maximum atomic E-state index is 11.5. The van der Waals surface area contributed by atoms with E-state index in [0.717, 1.165) is 0 Å². The molecule has 0 aliphatic carbocycles. The van der Waals surface area contributed by atoms with Gasteiger partial charge in [-0.05, 0) is 28.8 Å². The van der Waals surface area contributed by atoms with Crippen LogP contribution < -0.4 is 0 Å². The molecule has 1 atom stereocenters. The summed E-state index contributed by atoms with van der Waals surface area (Å²) in [7, 11) is -1.17. The second kappa shape index (κ2) is 13.9. The molecule has 0 heterocycles. The predicted octanol–water partition coefficient (Wildman–Crippen LogP) is 4.22. The largest absolute Gasteiger partial charge is 0.491 e. The number of rotatable bonds is 2. The highest BCUT2D eigenvalue weighted by Crippen LogP contribution is 2.05. The van der Waals surface area contributed by atoms with Gasteiger partial charge in [-0.25, -0.2) is 19.4 Å². The minimum Gasteiger partial charge on any atom is -0.242 e. The van der Waals surface area contributed by atoms with Gasteiger partial charge < -0.3 is 0 Å². The lowest BCUT2D eigenvalue weighted by Gasteiger charge is -2.02. The van der Waals surface area contributed by atoms with Crippen LogP contribution in [0.5, 0.6) is 0 Å². The van der Waals surface area contributed by atoms with Crippen molar-refractivity contribution in [2.24, 2.45) is 0 Å². The van der Waals surface area contributed by atoms with E-state index >= 15 is 0 Å². The maximum absolute atomic E-state index is 11.5. The molecule has 3 aromatic rings. The summed E-state index contributed by atoms with van der Waals surface area (Å²) in [5.74, 6) is -1.42. The lowest BCUT2D eigenvalue weighted by molar-refractivity contribution is -0.187. The molecule has 0 radical (unpaired) electrons. The van der Waals surface area contributed by atoms with Crippen LogP contribution in [0.25, 0.3) is 0 Å². The summed E-state index contributed by atoms with van der Waals surface area (Å²) in [6.45, 7) is 0. The van der Waals surface area contributed by atoms with Crippen molar-refractivity contribution < 1.29 is 28.8 Å². The van der Waals surface area contributed by atoms with Crippen molar-refractivity contribution in [3.05, 3.63) is 108 Å². The molecule has 3 aromatic carbocycles. The Morgan fingerprint density at radius 1 is 0.593 bits per heavy atom. The van der Waals surface area contributed by atoms with E-state index in [1.54, 1.807) is 60.7 Å².